The molecule has 0 spiro atoms. The summed E-state index contributed by atoms with van der Waals surface area (Å²) in [6, 6.07) is -0.271. The van der Waals surface area contributed by atoms with Gasteiger partial charge in [-0.25, -0.2) is 0 Å². The van der Waals surface area contributed by atoms with E-state index in [4.69, 9.17) is 11.5 Å². The van der Waals surface area contributed by atoms with Gasteiger partial charge in [0.05, 0.1) is 12.0 Å². The summed E-state index contributed by atoms with van der Waals surface area (Å²) in [5, 5.41) is 11.5. The molecule has 1 saturated heterocycles. The Bertz CT molecular complexity index is 192. The highest BCUT2D eigenvalue weighted by Gasteiger charge is 2.41. The largest absolute Gasteiger partial charge is 0.392 e. The van der Waals surface area contributed by atoms with Gasteiger partial charge in [0, 0.05) is 0 Å². The zero-order valence-corrected chi connectivity index (χ0v) is 5.66. The van der Waals surface area contributed by atoms with E-state index in [9.17, 15) is 4.79 Å². The Hall–Kier alpha value is -1.01. The molecule has 1 aliphatic rings. The first-order valence-corrected chi connectivity index (χ1v) is 3.11. The fourth-order valence-corrected chi connectivity index (χ4v) is 1.04. The SMILES string of the molecule is C#C[C@@H]1NC(=O)[C@@H]1[C@H](C)O. The van der Waals surface area contributed by atoms with Crippen LogP contribution in [0, 0.1) is 18.3 Å². The van der Waals surface area contributed by atoms with Gasteiger partial charge in [-0.1, -0.05) is 5.92 Å². The number of rotatable bonds is 1. The van der Waals surface area contributed by atoms with Crippen LogP contribution in [0.15, 0.2) is 0 Å². The molecule has 2 N–H and O–H groups in total. The molecule has 0 aliphatic carbocycles. The molecule has 0 aromatic rings. The molecule has 1 fully saturated rings. The van der Waals surface area contributed by atoms with Crippen molar-refractivity contribution in [2.24, 2.45) is 5.92 Å². The fourth-order valence-electron chi connectivity index (χ4n) is 1.04. The van der Waals surface area contributed by atoms with Crippen LogP contribution in [-0.4, -0.2) is 23.2 Å². The van der Waals surface area contributed by atoms with Gasteiger partial charge in [0.15, 0.2) is 0 Å². The predicted octanol–water partition coefficient (Wildman–Crippen LogP) is -0.885. The Labute approximate surface area is 59.4 Å². The maximum Gasteiger partial charge on any atom is 0.229 e. The van der Waals surface area contributed by atoms with Crippen molar-refractivity contribution in [2.75, 3.05) is 0 Å². The number of nitrogens with one attached hydrogen (secondary N) is 1. The minimum Gasteiger partial charge on any atom is -0.392 e. The number of carbonyl (C=O) groups is 1. The van der Waals surface area contributed by atoms with E-state index in [1.807, 2.05) is 0 Å². The minimum absolute atomic E-state index is 0.155. The maximum absolute atomic E-state index is 10.7. The minimum atomic E-state index is -0.644. The smallest absolute Gasteiger partial charge is 0.229 e. The van der Waals surface area contributed by atoms with E-state index in [0.717, 1.165) is 0 Å². The third kappa shape index (κ3) is 0.869. The number of hydrogen-bond acceptors (Lipinski definition) is 2. The molecule has 0 bridgehead atoms. The first-order valence-electron chi connectivity index (χ1n) is 3.11. The standard InChI is InChI=1S/C7H9NO2/c1-3-5-6(4(2)9)7(10)8-5/h1,4-6,9H,2H3,(H,8,10)/t4-,5-,6+/m0/s1. The number of β-lactam (4-membered cyclic amide) rings is 1. The number of aliphatic hydroxyl groups excluding tert-OH is 1. The van der Waals surface area contributed by atoms with Crippen molar-refractivity contribution in [1.82, 2.24) is 5.32 Å². The summed E-state index contributed by atoms with van der Waals surface area (Å²) >= 11 is 0. The van der Waals surface area contributed by atoms with Crippen molar-refractivity contribution in [3.63, 3.8) is 0 Å². The van der Waals surface area contributed by atoms with Crippen LogP contribution in [-0.2, 0) is 4.79 Å². The Kier molecular flexibility index (Phi) is 1.64. The van der Waals surface area contributed by atoms with Gasteiger partial charge in [-0.05, 0) is 6.92 Å². The molecule has 1 rings (SSSR count). The van der Waals surface area contributed by atoms with Crippen LogP contribution in [0.2, 0.25) is 0 Å². The molecule has 0 aromatic carbocycles. The molecular formula is C7H9NO2. The van der Waals surface area contributed by atoms with Crippen molar-refractivity contribution >= 4 is 5.91 Å². The number of terminal acetylenes is 1. The van der Waals surface area contributed by atoms with Gasteiger partial charge >= 0.3 is 0 Å². The summed E-state index contributed by atoms with van der Waals surface area (Å²) in [7, 11) is 0. The maximum atomic E-state index is 10.7. The number of carbonyl (C=O) groups excluding carboxylic acids is 1. The van der Waals surface area contributed by atoms with Gasteiger partial charge in [-0.2, -0.15) is 0 Å². The molecule has 3 heteroatoms. The van der Waals surface area contributed by atoms with Gasteiger partial charge in [-0.3, -0.25) is 4.79 Å². The van der Waals surface area contributed by atoms with Crippen molar-refractivity contribution in [3.05, 3.63) is 0 Å². The normalized spacial score (nSPS) is 33.5. The molecule has 0 saturated carbocycles. The van der Waals surface area contributed by atoms with Crippen LogP contribution in [0.5, 0.6) is 0 Å². The average molecular weight is 139 g/mol. The van der Waals surface area contributed by atoms with Crippen molar-refractivity contribution < 1.29 is 9.90 Å². The molecule has 1 aliphatic heterocycles. The Morgan fingerprint density at radius 3 is 2.70 bits per heavy atom. The van der Waals surface area contributed by atoms with E-state index in [1.54, 1.807) is 6.92 Å². The van der Waals surface area contributed by atoms with E-state index < -0.39 is 12.0 Å². The quantitative estimate of drug-likeness (QED) is 0.366. The van der Waals surface area contributed by atoms with E-state index >= 15 is 0 Å². The molecule has 1 amide bonds. The van der Waals surface area contributed by atoms with Gasteiger partial charge in [0.1, 0.15) is 6.04 Å². The van der Waals surface area contributed by atoms with Gasteiger partial charge in [0.2, 0.25) is 5.91 Å². The molecule has 1 heterocycles. The topological polar surface area (TPSA) is 49.3 Å². The van der Waals surface area contributed by atoms with Gasteiger partial charge in [0.25, 0.3) is 0 Å². The van der Waals surface area contributed by atoms with Crippen LogP contribution in [0.4, 0.5) is 0 Å². The lowest BCUT2D eigenvalue weighted by molar-refractivity contribution is -0.138. The number of amides is 1. The molecule has 0 radical (unpaired) electrons. The number of aliphatic hydroxyl groups is 1. The van der Waals surface area contributed by atoms with Gasteiger partial charge < -0.3 is 10.4 Å². The summed E-state index contributed by atoms with van der Waals surface area (Å²) in [5.74, 6) is 1.82. The lowest BCUT2D eigenvalue weighted by Gasteiger charge is -2.34. The van der Waals surface area contributed by atoms with E-state index in [2.05, 4.69) is 11.2 Å². The van der Waals surface area contributed by atoms with Crippen LogP contribution >= 0.6 is 0 Å². The zero-order chi connectivity index (χ0) is 7.72. The second-order valence-electron chi connectivity index (χ2n) is 2.42. The first kappa shape index (κ1) is 7.10. The Morgan fingerprint density at radius 2 is 2.50 bits per heavy atom. The monoisotopic (exact) mass is 139 g/mol. The first-order chi connectivity index (χ1) is 4.66. The van der Waals surface area contributed by atoms with E-state index in [1.165, 1.54) is 0 Å². The summed E-state index contributed by atoms with van der Waals surface area (Å²) in [6.07, 6.45) is 4.40. The fraction of sp³-hybridized carbons (Fsp3) is 0.571. The van der Waals surface area contributed by atoms with Crippen molar-refractivity contribution in [1.29, 1.82) is 0 Å². The molecule has 0 unspecified atom stereocenters. The average Bonchev–Trinajstić information content (AvgIpc) is 1.80. The summed E-state index contributed by atoms with van der Waals surface area (Å²) < 4.78 is 0. The second kappa shape index (κ2) is 2.31. The molecule has 54 valence electrons. The summed E-state index contributed by atoms with van der Waals surface area (Å²) in [6.45, 7) is 1.56. The third-order valence-corrected chi connectivity index (χ3v) is 1.66. The van der Waals surface area contributed by atoms with Crippen LogP contribution < -0.4 is 5.32 Å². The highest BCUT2D eigenvalue weighted by atomic mass is 16.3. The molecule has 10 heavy (non-hydrogen) atoms. The lowest BCUT2D eigenvalue weighted by Crippen LogP contribution is -2.61. The molecule has 3 atom stereocenters. The Balaban J connectivity index is 2.58. The van der Waals surface area contributed by atoms with Crippen molar-refractivity contribution in [3.8, 4) is 12.3 Å². The highest BCUT2D eigenvalue weighted by molar-refractivity contribution is 5.87. The predicted molar refractivity (Wildman–Crippen MR) is 35.9 cm³/mol. The lowest BCUT2D eigenvalue weighted by atomic mass is 9.87. The number of hydrogen-bond donors (Lipinski definition) is 2. The second-order valence-corrected chi connectivity index (χ2v) is 2.42. The van der Waals surface area contributed by atoms with Crippen molar-refractivity contribution in [2.45, 2.75) is 19.1 Å². The third-order valence-electron chi connectivity index (χ3n) is 1.66. The van der Waals surface area contributed by atoms with E-state index in [0.29, 0.717) is 0 Å². The summed E-state index contributed by atoms with van der Waals surface area (Å²) in [4.78, 5) is 10.7. The van der Waals surface area contributed by atoms with Crippen LogP contribution in [0.25, 0.3) is 0 Å². The molecular weight excluding hydrogens is 130 g/mol. The van der Waals surface area contributed by atoms with Gasteiger partial charge in [-0.15, -0.1) is 6.42 Å². The Morgan fingerprint density at radius 1 is 1.90 bits per heavy atom. The van der Waals surface area contributed by atoms with E-state index in [-0.39, 0.29) is 11.9 Å². The molecule has 3 nitrogen and oxygen atoms in total. The summed E-state index contributed by atoms with van der Waals surface area (Å²) in [5.41, 5.74) is 0. The van der Waals surface area contributed by atoms with Crippen LogP contribution in [0.3, 0.4) is 0 Å². The van der Waals surface area contributed by atoms with Crippen LogP contribution in [0.1, 0.15) is 6.92 Å². The highest BCUT2D eigenvalue weighted by Crippen LogP contribution is 2.17. The zero-order valence-electron chi connectivity index (χ0n) is 5.66. The molecule has 0 aromatic heterocycles.